The predicted octanol–water partition coefficient (Wildman–Crippen LogP) is 3.89. The molecule has 8 heteroatoms. The fraction of sp³-hybridized carbons (Fsp3) is 0.0952. The molecule has 1 aromatic heterocycles. The molecule has 6 nitrogen and oxygen atoms in total. The largest absolute Gasteiger partial charge is 0.507 e. The number of nitrogens with zero attached hydrogens (tertiary/aromatic N) is 2. The predicted molar refractivity (Wildman–Crippen MR) is 98.8 cm³/mol. The van der Waals surface area contributed by atoms with Gasteiger partial charge in [-0.15, -0.1) is 0 Å². The zero-order valence-corrected chi connectivity index (χ0v) is 15.1. The van der Waals surface area contributed by atoms with Crippen molar-refractivity contribution in [2.75, 3.05) is 4.90 Å². The average Bonchev–Trinajstić information content (AvgIpc) is 3.24. The van der Waals surface area contributed by atoms with Gasteiger partial charge in [0, 0.05) is 11.6 Å². The van der Waals surface area contributed by atoms with Gasteiger partial charge in [0.1, 0.15) is 23.2 Å². The molecule has 0 aliphatic carbocycles. The Morgan fingerprint density at radius 1 is 1.03 bits per heavy atom. The van der Waals surface area contributed by atoms with Crippen LogP contribution in [0.15, 0.2) is 64.7 Å². The van der Waals surface area contributed by atoms with Crippen molar-refractivity contribution in [2.24, 2.45) is 0 Å². The molecule has 1 amide bonds. The molecule has 2 heterocycles. The van der Waals surface area contributed by atoms with Gasteiger partial charge < -0.3 is 9.63 Å². The van der Waals surface area contributed by atoms with Gasteiger partial charge in [0.2, 0.25) is 0 Å². The molecule has 146 valence electrons. The number of halogens is 2. The van der Waals surface area contributed by atoms with Gasteiger partial charge in [-0.1, -0.05) is 17.3 Å². The first-order valence-corrected chi connectivity index (χ1v) is 8.62. The van der Waals surface area contributed by atoms with Crippen molar-refractivity contribution < 1.29 is 28.0 Å². The molecule has 1 N–H and O–H groups in total. The molecule has 29 heavy (non-hydrogen) atoms. The van der Waals surface area contributed by atoms with Crippen molar-refractivity contribution >= 4 is 23.3 Å². The summed E-state index contributed by atoms with van der Waals surface area (Å²) in [6.07, 6.45) is 0. The molecular weight excluding hydrogens is 382 g/mol. The zero-order valence-electron chi connectivity index (χ0n) is 15.1. The van der Waals surface area contributed by atoms with Crippen LogP contribution >= 0.6 is 0 Å². The van der Waals surface area contributed by atoms with Gasteiger partial charge in [0.05, 0.1) is 11.6 Å². The van der Waals surface area contributed by atoms with Crippen molar-refractivity contribution in [3.05, 3.63) is 88.7 Å². The summed E-state index contributed by atoms with van der Waals surface area (Å²) in [6.45, 7) is 1.62. The van der Waals surface area contributed by atoms with Gasteiger partial charge in [-0.05, 0) is 48.9 Å². The Hall–Kier alpha value is -3.81. The second kappa shape index (κ2) is 6.97. The molecule has 0 saturated carbocycles. The summed E-state index contributed by atoms with van der Waals surface area (Å²) < 4.78 is 31.7. The van der Waals surface area contributed by atoms with Crippen LogP contribution in [-0.4, -0.2) is 22.0 Å². The van der Waals surface area contributed by atoms with Crippen molar-refractivity contribution in [1.82, 2.24) is 5.16 Å². The number of amides is 1. The van der Waals surface area contributed by atoms with Gasteiger partial charge in [0.25, 0.3) is 5.78 Å². The number of benzene rings is 2. The Balaban J connectivity index is 1.93. The lowest BCUT2D eigenvalue weighted by Crippen LogP contribution is -2.29. The van der Waals surface area contributed by atoms with Crippen LogP contribution in [0.4, 0.5) is 14.6 Å². The summed E-state index contributed by atoms with van der Waals surface area (Å²) in [4.78, 5) is 26.7. The molecule has 1 atom stereocenters. The highest BCUT2D eigenvalue weighted by Crippen LogP contribution is 2.41. The highest BCUT2D eigenvalue weighted by atomic mass is 19.1. The van der Waals surface area contributed by atoms with E-state index in [0.29, 0.717) is 11.3 Å². The first kappa shape index (κ1) is 18.5. The quantitative estimate of drug-likeness (QED) is 0.413. The maximum absolute atomic E-state index is 13.4. The highest BCUT2D eigenvalue weighted by molar-refractivity contribution is 6.51. The molecule has 0 radical (unpaired) electrons. The topological polar surface area (TPSA) is 83.6 Å². The molecule has 0 bridgehead atoms. The SMILES string of the molecule is Cc1cc(N2C(=O)C(=O)/C(=C(\O)c3ccc(F)cc3)[C@@H]2c2ccc(F)cc2)no1. The van der Waals surface area contributed by atoms with Crippen molar-refractivity contribution in [2.45, 2.75) is 13.0 Å². The number of carbonyl (C=O) groups excluding carboxylic acids is 2. The van der Waals surface area contributed by atoms with E-state index in [2.05, 4.69) is 5.16 Å². The Morgan fingerprint density at radius 2 is 1.62 bits per heavy atom. The third-order valence-corrected chi connectivity index (χ3v) is 4.61. The summed E-state index contributed by atoms with van der Waals surface area (Å²) in [5.41, 5.74) is 0.330. The number of hydrogen-bond donors (Lipinski definition) is 1. The average molecular weight is 396 g/mol. The summed E-state index contributed by atoms with van der Waals surface area (Å²) >= 11 is 0. The Labute approximate surface area is 163 Å². The summed E-state index contributed by atoms with van der Waals surface area (Å²) in [6, 6.07) is 10.4. The Kier molecular flexibility index (Phi) is 4.46. The Morgan fingerprint density at radius 3 is 2.17 bits per heavy atom. The number of aryl methyl sites for hydroxylation is 1. The molecule has 3 aromatic rings. The third-order valence-electron chi connectivity index (χ3n) is 4.61. The lowest BCUT2D eigenvalue weighted by Gasteiger charge is -2.22. The monoisotopic (exact) mass is 396 g/mol. The number of Topliss-reactive ketones (excluding diaryl/α,β-unsaturated/α-hetero) is 1. The maximum Gasteiger partial charge on any atom is 0.301 e. The minimum atomic E-state index is -1.06. The molecule has 0 spiro atoms. The van der Waals surface area contributed by atoms with Gasteiger partial charge >= 0.3 is 5.91 Å². The van der Waals surface area contributed by atoms with Crippen LogP contribution < -0.4 is 4.90 Å². The second-order valence-corrected chi connectivity index (χ2v) is 6.52. The smallest absolute Gasteiger partial charge is 0.301 e. The fourth-order valence-electron chi connectivity index (χ4n) is 3.26. The van der Waals surface area contributed by atoms with Gasteiger partial charge in [0.15, 0.2) is 5.82 Å². The standard InChI is InChI=1S/C21H14F2N2O4/c1-11-10-16(24-29-11)25-18(12-2-6-14(22)7-3-12)17(20(27)21(25)28)19(26)13-4-8-15(23)9-5-13/h2-10,18,26H,1H3/b19-17-/t18-/m0/s1. The minimum Gasteiger partial charge on any atom is -0.507 e. The highest BCUT2D eigenvalue weighted by Gasteiger charge is 2.48. The molecule has 4 rings (SSSR count). The first-order chi connectivity index (χ1) is 13.9. The molecule has 1 aliphatic heterocycles. The van der Waals surface area contributed by atoms with E-state index < -0.39 is 35.1 Å². The molecular formula is C21H14F2N2O4. The van der Waals surface area contributed by atoms with Crippen molar-refractivity contribution in [1.29, 1.82) is 0 Å². The molecule has 2 aromatic carbocycles. The lowest BCUT2D eigenvalue weighted by molar-refractivity contribution is -0.132. The third kappa shape index (κ3) is 3.18. The zero-order chi connectivity index (χ0) is 20.7. The molecule has 0 unspecified atom stereocenters. The van der Waals surface area contributed by atoms with Crippen LogP contribution in [-0.2, 0) is 9.59 Å². The maximum atomic E-state index is 13.4. The van der Waals surface area contributed by atoms with E-state index in [1.165, 1.54) is 42.5 Å². The number of aliphatic hydroxyl groups excluding tert-OH is 1. The molecule has 1 saturated heterocycles. The van der Waals surface area contributed by atoms with Crippen molar-refractivity contribution in [3.8, 4) is 0 Å². The number of aliphatic hydroxyl groups is 1. The molecule has 1 aliphatic rings. The number of rotatable bonds is 3. The van der Waals surface area contributed by atoms with E-state index in [1.807, 2.05) is 0 Å². The number of carbonyl (C=O) groups is 2. The number of anilines is 1. The van der Waals surface area contributed by atoms with E-state index >= 15 is 0 Å². The Bertz CT molecular complexity index is 1130. The van der Waals surface area contributed by atoms with Gasteiger partial charge in [-0.3, -0.25) is 14.5 Å². The summed E-state index contributed by atoms with van der Waals surface area (Å²) in [7, 11) is 0. The normalized spacial score (nSPS) is 18.4. The summed E-state index contributed by atoms with van der Waals surface area (Å²) in [5.74, 6) is -2.86. The van der Waals surface area contributed by atoms with Crippen LogP contribution in [0, 0.1) is 18.6 Å². The minimum absolute atomic E-state index is 0.0806. The fourth-order valence-corrected chi connectivity index (χ4v) is 3.26. The van der Waals surface area contributed by atoms with E-state index in [-0.39, 0.29) is 17.0 Å². The van der Waals surface area contributed by atoms with Crippen LogP contribution in [0.25, 0.3) is 5.76 Å². The van der Waals surface area contributed by atoms with Crippen LogP contribution in [0.2, 0.25) is 0 Å². The first-order valence-electron chi connectivity index (χ1n) is 8.62. The summed E-state index contributed by atoms with van der Waals surface area (Å²) in [5, 5.41) is 14.6. The van der Waals surface area contributed by atoms with Crippen LogP contribution in [0.5, 0.6) is 0 Å². The van der Waals surface area contributed by atoms with E-state index in [9.17, 15) is 23.5 Å². The number of aromatic nitrogens is 1. The van der Waals surface area contributed by atoms with E-state index in [0.717, 1.165) is 17.0 Å². The van der Waals surface area contributed by atoms with Crippen molar-refractivity contribution in [3.63, 3.8) is 0 Å². The van der Waals surface area contributed by atoms with Gasteiger partial charge in [-0.25, -0.2) is 8.78 Å². The molecule has 1 fully saturated rings. The second-order valence-electron chi connectivity index (χ2n) is 6.52. The lowest BCUT2D eigenvalue weighted by atomic mass is 9.95. The van der Waals surface area contributed by atoms with Crippen LogP contribution in [0.3, 0.4) is 0 Å². The number of ketones is 1. The van der Waals surface area contributed by atoms with E-state index in [4.69, 9.17) is 4.52 Å². The van der Waals surface area contributed by atoms with Gasteiger partial charge in [-0.2, -0.15) is 0 Å². The van der Waals surface area contributed by atoms with E-state index in [1.54, 1.807) is 6.92 Å². The van der Waals surface area contributed by atoms with Crippen LogP contribution in [0.1, 0.15) is 22.9 Å². The number of hydrogen-bond acceptors (Lipinski definition) is 5.